The van der Waals surface area contributed by atoms with Gasteiger partial charge >= 0.3 is 0 Å². The SMILES string of the molecule is Br.C=CCN(C)CCCCCCOc1ccc(C(=O)c2ccccc2)cc1. The molecule has 0 radical (unpaired) electrons. The largest absolute Gasteiger partial charge is 0.494 e. The number of halogens is 1. The van der Waals surface area contributed by atoms with Crippen LogP contribution in [0.4, 0.5) is 0 Å². The van der Waals surface area contributed by atoms with Crippen LogP contribution in [-0.4, -0.2) is 37.4 Å². The molecule has 0 spiro atoms. The van der Waals surface area contributed by atoms with Gasteiger partial charge in [0.2, 0.25) is 0 Å². The van der Waals surface area contributed by atoms with E-state index in [4.69, 9.17) is 4.74 Å². The Kier molecular flexibility index (Phi) is 11.4. The third-order valence-corrected chi connectivity index (χ3v) is 4.30. The molecule has 0 atom stereocenters. The summed E-state index contributed by atoms with van der Waals surface area (Å²) in [5.74, 6) is 0.860. The number of ketones is 1. The van der Waals surface area contributed by atoms with E-state index in [9.17, 15) is 4.79 Å². The Morgan fingerprint density at radius 3 is 2.26 bits per heavy atom. The minimum absolute atomic E-state index is 0. The lowest BCUT2D eigenvalue weighted by Crippen LogP contribution is -2.19. The highest BCUT2D eigenvalue weighted by Gasteiger charge is 2.08. The normalized spacial score (nSPS) is 10.3. The summed E-state index contributed by atoms with van der Waals surface area (Å²) in [6.07, 6.45) is 6.59. The van der Waals surface area contributed by atoms with Gasteiger partial charge in [0, 0.05) is 17.7 Å². The van der Waals surface area contributed by atoms with Crippen molar-refractivity contribution < 1.29 is 9.53 Å². The lowest BCUT2D eigenvalue weighted by atomic mass is 10.0. The highest BCUT2D eigenvalue weighted by Crippen LogP contribution is 2.16. The first kappa shape index (κ1) is 23.1. The second-order valence-electron chi connectivity index (χ2n) is 6.53. The van der Waals surface area contributed by atoms with Gasteiger partial charge in [0.25, 0.3) is 0 Å². The van der Waals surface area contributed by atoms with Crippen LogP contribution in [0.15, 0.2) is 67.3 Å². The van der Waals surface area contributed by atoms with Crippen molar-refractivity contribution in [1.29, 1.82) is 0 Å². The number of carbonyl (C=O) groups excluding carboxylic acids is 1. The highest BCUT2D eigenvalue weighted by molar-refractivity contribution is 8.93. The molecule has 0 heterocycles. The molecule has 0 N–H and O–H groups in total. The van der Waals surface area contributed by atoms with Crippen molar-refractivity contribution >= 4 is 22.8 Å². The first-order valence-corrected chi connectivity index (χ1v) is 9.33. The standard InChI is InChI=1S/C23H29NO2.BrH/c1-3-17-24(2)18-9-4-5-10-19-26-22-15-13-21(14-16-22)23(25)20-11-7-6-8-12-20;/h3,6-8,11-16H,1,4-5,9-10,17-19H2,2H3;1H. The summed E-state index contributed by atoms with van der Waals surface area (Å²) >= 11 is 0. The van der Waals surface area contributed by atoms with Crippen LogP contribution in [0.3, 0.4) is 0 Å². The molecule has 27 heavy (non-hydrogen) atoms. The molecule has 0 fully saturated rings. The number of unbranched alkanes of at least 4 members (excludes halogenated alkanes) is 3. The van der Waals surface area contributed by atoms with Crippen LogP contribution < -0.4 is 4.74 Å². The summed E-state index contributed by atoms with van der Waals surface area (Å²) in [7, 11) is 2.12. The molecule has 0 amide bonds. The Bertz CT molecular complexity index is 671. The molecule has 0 aliphatic carbocycles. The Hall–Kier alpha value is -1.91. The van der Waals surface area contributed by atoms with Crippen molar-refractivity contribution in [1.82, 2.24) is 4.90 Å². The molecule has 0 bridgehead atoms. The molecule has 2 rings (SSSR count). The minimum atomic E-state index is 0. The molecule has 0 saturated carbocycles. The third-order valence-electron chi connectivity index (χ3n) is 4.30. The monoisotopic (exact) mass is 431 g/mol. The smallest absolute Gasteiger partial charge is 0.193 e. The molecule has 4 heteroatoms. The average Bonchev–Trinajstić information content (AvgIpc) is 2.68. The predicted octanol–water partition coefficient (Wildman–Crippen LogP) is 5.55. The fourth-order valence-electron chi connectivity index (χ4n) is 2.80. The van der Waals surface area contributed by atoms with Crippen LogP contribution >= 0.6 is 17.0 Å². The molecule has 0 aromatic heterocycles. The second-order valence-corrected chi connectivity index (χ2v) is 6.53. The lowest BCUT2D eigenvalue weighted by molar-refractivity contribution is 0.103. The van der Waals surface area contributed by atoms with E-state index in [2.05, 4.69) is 18.5 Å². The van der Waals surface area contributed by atoms with Gasteiger partial charge in [-0.3, -0.25) is 4.79 Å². The predicted molar refractivity (Wildman–Crippen MR) is 118 cm³/mol. The van der Waals surface area contributed by atoms with Crippen molar-refractivity contribution in [2.45, 2.75) is 25.7 Å². The molecular formula is C23H30BrNO2. The van der Waals surface area contributed by atoms with Gasteiger partial charge < -0.3 is 9.64 Å². The molecule has 146 valence electrons. The number of nitrogens with zero attached hydrogens (tertiary/aromatic N) is 1. The first-order chi connectivity index (χ1) is 12.7. The van der Waals surface area contributed by atoms with Gasteiger partial charge in [-0.15, -0.1) is 23.6 Å². The van der Waals surface area contributed by atoms with Crippen LogP contribution in [0.1, 0.15) is 41.6 Å². The summed E-state index contributed by atoms with van der Waals surface area (Å²) in [4.78, 5) is 14.6. The molecule has 0 aliphatic rings. The van der Waals surface area contributed by atoms with Gasteiger partial charge in [-0.2, -0.15) is 0 Å². The highest BCUT2D eigenvalue weighted by atomic mass is 79.9. The molecule has 0 unspecified atom stereocenters. The van der Waals surface area contributed by atoms with E-state index in [1.54, 1.807) is 0 Å². The van der Waals surface area contributed by atoms with Gasteiger partial charge in [-0.25, -0.2) is 0 Å². The van der Waals surface area contributed by atoms with Crippen LogP contribution in [0.5, 0.6) is 5.75 Å². The number of hydrogen-bond acceptors (Lipinski definition) is 3. The number of carbonyl (C=O) groups is 1. The fraction of sp³-hybridized carbons (Fsp3) is 0.348. The van der Waals surface area contributed by atoms with Crippen molar-refractivity contribution in [2.24, 2.45) is 0 Å². The van der Waals surface area contributed by atoms with Gasteiger partial charge in [-0.05, 0) is 50.7 Å². The van der Waals surface area contributed by atoms with Crippen LogP contribution in [-0.2, 0) is 0 Å². The Morgan fingerprint density at radius 1 is 0.963 bits per heavy atom. The maximum atomic E-state index is 12.4. The van der Waals surface area contributed by atoms with Crippen LogP contribution in [0, 0.1) is 0 Å². The van der Waals surface area contributed by atoms with E-state index >= 15 is 0 Å². The van der Waals surface area contributed by atoms with Gasteiger partial charge in [-0.1, -0.05) is 49.2 Å². The van der Waals surface area contributed by atoms with Crippen molar-refractivity contribution in [3.8, 4) is 5.75 Å². The fourth-order valence-corrected chi connectivity index (χ4v) is 2.80. The maximum absolute atomic E-state index is 12.4. The van der Waals surface area contributed by atoms with Crippen LogP contribution in [0.25, 0.3) is 0 Å². The number of likely N-dealkylation sites (N-methyl/N-ethyl adjacent to an activating group) is 1. The molecule has 0 saturated heterocycles. The molecule has 2 aromatic rings. The summed E-state index contributed by atoms with van der Waals surface area (Å²) < 4.78 is 5.78. The van der Waals surface area contributed by atoms with Crippen molar-refractivity contribution in [3.63, 3.8) is 0 Å². The van der Waals surface area contributed by atoms with E-state index in [1.165, 1.54) is 19.3 Å². The number of hydrogen-bond donors (Lipinski definition) is 0. The quantitative estimate of drug-likeness (QED) is 0.250. The zero-order valence-electron chi connectivity index (χ0n) is 16.1. The molecule has 2 aromatic carbocycles. The van der Waals surface area contributed by atoms with E-state index in [-0.39, 0.29) is 22.8 Å². The Morgan fingerprint density at radius 2 is 1.59 bits per heavy atom. The number of ether oxygens (including phenoxy) is 1. The van der Waals surface area contributed by atoms with Crippen molar-refractivity contribution in [2.75, 3.05) is 26.7 Å². The van der Waals surface area contributed by atoms with E-state index in [0.29, 0.717) is 17.7 Å². The second kappa shape index (κ2) is 13.3. The summed E-state index contributed by atoms with van der Waals surface area (Å²) in [6.45, 7) is 6.53. The molecule has 3 nitrogen and oxygen atoms in total. The van der Waals surface area contributed by atoms with Gasteiger partial charge in [0.15, 0.2) is 5.78 Å². The van der Waals surface area contributed by atoms with Crippen molar-refractivity contribution in [3.05, 3.63) is 78.4 Å². The zero-order chi connectivity index (χ0) is 18.6. The Labute approximate surface area is 173 Å². The van der Waals surface area contributed by atoms with E-state index < -0.39 is 0 Å². The third kappa shape index (κ3) is 8.55. The van der Waals surface area contributed by atoms with Gasteiger partial charge in [0.05, 0.1) is 6.61 Å². The minimum Gasteiger partial charge on any atom is -0.494 e. The van der Waals surface area contributed by atoms with E-state index in [0.717, 1.165) is 25.3 Å². The van der Waals surface area contributed by atoms with Crippen LogP contribution in [0.2, 0.25) is 0 Å². The average molecular weight is 432 g/mol. The number of rotatable bonds is 12. The zero-order valence-corrected chi connectivity index (χ0v) is 17.8. The molecule has 0 aliphatic heterocycles. The summed E-state index contributed by atoms with van der Waals surface area (Å²) in [6, 6.07) is 16.8. The Balaban J connectivity index is 0.00000364. The first-order valence-electron chi connectivity index (χ1n) is 9.33. The summed E-state index contributed by atoms with van der Waals surface area (Å²) in [5.41, 5.74) is 1.40. The lowest BCUT2D eigenvalue weighted by Gasteiger charge is -2.13. The summed E-state index contributed by atoms with van der Waals surface area (Å²) in [5, 5.41) is 0. The van der Waals surface area contributed by atoms with E-state index in [1.807, 2.05) is 60.7 Å². The topological polar surface area (TPSA) is 29.5 Å². The maximum Gasteiger partial charge on any atom is 0.193 e. The number of benzene rings is 2. The molecular weight excluding hydrogens is 402 g/mol. The van der Waals surface area contributed by atoms with Gasteiger partial charge in [0.1, 0.15) is 5.75 Å².